The average molecular weight is 274 g/mol. The third-order valence-corrected chi connectivity index (χ3v) is 1.50. The van der Waals surface area contributed by atoms with Gasteiger partial charge in [-0.25, -0.2) is 12.1 Å². The Hall–Kier alpha value is -1.51. The summed E-state index contributed by atoms with van der Waals surface area (Å²) in [7, 11) is 0. The largest absolute Gasteiger partial charge is 2.00 e. The molecule has 0 unspecified atom stereocenters. The molecule has 2 rings (SSSR count). The van der Waals surface area contributed by atoms with Crippen molar-refractivity contribution in [2.75, 3.05) is 0 Å². The fourth-order valence-electron chi connectivity index (χ4n) is 0.714. The van der Waals surface area contributed by atoms with Gasteiger partial charge in [-0.15, -0.1) is 0 Å². The second-order valence-corrected chi connectivity index (χ2v) is 2.90. The van der Waals surface area contributed by atoms with Gasteiger partial charge in [-0.1, -0.05) is 24.3 Å². The third-order valence-electron chi connectivity index (χ3n) is 1.50. The third kappa shape index (κ3) is 14.5. The van der Waals surface area contributed by atoms with Gasteiger partial charge in [0.25, 0.3) is 0 Å². The maximum absolute atomic E-state index is 9.48. The molecule has 0 aromatic heterocycles. The van der Waals surface area contributed by atoms with Crippen molar-refractivity contribution in [1.29, 1.82) is 0 Å². The summed E-state index contributed by atoms with van der Waals surface area (Å²) in [5, 5.41) is 9.24. The summed E-state index contributed by atoms with van der Waals surface area (Å²) >= 11 is 0. The maximum atomic E-state index is 9.48. The number of ketones is 1. The van der Waals surface area contributed by atoms with E-state index in [1.807, 2.05) is 30.3 Å². The number of aliphatic carboxylic acids is 1. The van der Waals surface area contributed by atoms with Crippen LogP contribution in [0.3, 0.4) is 0 Å². The molecular formula is C13H14FeO3. The molecule has 1 aliphatic carbocycles. The summed E-state index contributed by atoms with van der Waals surface area (Å²) < 4.78 is 0. The van der Waals surface area contributed by atoms with Crippen molar-refractivity contribution in [1.82, 2.24) is 0 Å². The molecule has 1 aromatic rings. The summed E-state index contributed by atoms with van der Waals surface area (Å²) in [5.41, 5.74) is 0. The molecule has 0 atom stereocenters. The van der Waals surface area contributed by atoms with Crippen LogP contribution >= 0.6 is 0 Å². The molecule has 0 bridgehead atoms. The van der Waals surface area contributed by atoms with E-state index in [0.29, 0.717) is 0 Å². The van der Waals surface area contributed by atoms with Crippen LogP contribution in [0.15, 0.2) is 54.6 Å². The first-order chi connectivity index (χ1) is 7.64. The monoisotopic (exact) mass is 274 g/mol. The van der Waals surface area contributed by atoms with Gasteiger partial charge < -0.3 is 9.90 Å². The summed E-state index contributed by atoms with van der Waals surface area (Å²) in [6.45, 7) is 0.940. The second-order valence-electron chi connectivity index (χ2n) is 2.90. The van der Waals surface area contributed by atoms with E-state index in [4.69, 9.17) is 0 Å². The summed E-state index contributed by atoms with van der Waals surface area (Å²) in [5.74, 6) is -2.56. The number of rotatable bonds is 1. The first kappa shape index (κ1) is 17.9. The predicted octanol–water partition coefficient (Wildman–Crippen LogP) is 1.23. The topological polar surface area (TPSA) is 57.2 Å². The SMILES string of the molecule is C1=CCC=C1.CC(=O)C(=O)[O-].[Fe+2].c1cc[cH-]c1. The zero-order valence-corrected chi connectivity index (χ0v) is 10.6. The van der Waals surface area contributed by atoms with Crippen LogP contribution in [-0.2, 0) is 26.7 Å². The number of allylic oxidation sites excluding steroid dienone is 4. The minimum Gasteiger partial charge on any atom is -0.542 e. The number of hydrogen-bond donors (Lipinski definition) is 0. The van der Waals surface area contributed by atoms with Crippen molar-refractivity contribution in [2.24, 2.45) is 0 Å². The van der Waals surface area contributed by atoms with Crippen LogP contribution in [0.1, 0.15) is 13.3 Å². The molecule has 0 radical (unpaired) electrons. The Morgan fingerprint density at radius 1 is 1.12 bits per heavy atom. The molecule has 1 aromatic carbocycles. The molecule has 92 valence electrons. The van der Waals surface area contributed by atoms with Crippen molar-refractivity contribution in [3.63, 3.8) is 0 Å². The molecule has 0 fully saturated rings. The number of Topliss-reactive ketones (excluding diaryl/α,β-unsaturated/α-hetero) is 1. The average Bonchev–Trinajstić information content (AvgIpc) is 2.97. The molecule has 1 aliphatic rings. The van der Waals surface area contributed by atoms with Crippen molar-refractivity contribution in [2.45, 2.75) is 13.3 Å². The molecule has 0 saturated heterocycles. The molecule has 0 aliphatic heterocycles. The maximum Gasteiger partial charge on any atom is 2.00 e. The number of carbonyl (C=O) groups excluding carboxylic acids is 2. The van der Waals surface area contributed by atoms with Crippen LogP contribution < -0.4 is 5.11 Å². The molecule has 0 heterocycles. The van der Waals surface area contributed by atoms with Crippen molar-refractivity contribution in [3.8, 4) is 0 Å². The summed E-state index contributed by atoms with van der Waals surface area (Å²) in [6.07, 6.45) is 9.50. The van der Waals surface area contributed by atoms with Gasteiger partial charge in [0, 0.05) is 6.92 Å². The smallest absolute Gasteiger partial charge is 0.542 e. The van der Waals surface area contributed by atoms with Crippen LogP contribution in [0.2, 0.25) is 0 Å². The fraction of sp³-hybridized carbons (Fsp3) is 0.154. The minimum atomic E-state index is -1.63. The first-order valence-corrected chi connectivity index (χ1v) is 4.85. The Kier molecular flexibility index (Phi) is 13.2. The van der Waals surface area contributed by atoms with E-state index >= 15 is 0 Å². The molecule has 17 heavy (non-hydrogen) atoms. The van der Waals surface area contributed by atoms with Gasteiger partial charge in [-0.2, -0.15) is 18.2 Å². The van der Waals surface area contributed by atoms with E-state index in [9.17, 15) is 14.7 Å². The fourth-order valence-corrected chi connectivity index (χ4v) is 0.714. The van der Waals surface area contributed by atoms with E-state index in [0.717, 1.165) is 13.3 Å². The van der Waals surface area contributed by atoms with Gasteiger partial charge in [0.05, 0.1) is 0 Å². The number of carboxylic acid groups (broad SMARTS) is 1. The van der Waals surface area contributed by atoms with E-state index in [1.165, 1.54) is 0 Å². The molecule has 0 saturated carbocycles. The Morgan fingerprint density at radius 3 is 1.65 bits per heavy atom. The van der Waals surface area contributed by atoms with Gasteiger partial charge in [0.1, 0.15) is 5.97 Å². The van der Waals surface area contributed by atoms with Crippen LogP contribution in [-0.4, -0.2) is 11.8 Å². The number of carbonyl (C=O) groups is 2. The second kappa shape index (κ2) is 12.6. The van der Waals surface area contributed by atoms with Crippen molar-refractivity contribution < 1.29 is 31.8 Å². The molecule has 0 spiro atoms. The normalized spacial score (nSPS) is 10.2. The Morgan fingerprint density at radius 2 is 1.53 bits per heavy atom. The molecule has 0 N–H and O–H groups in total. The Bertz CT molecular complexity index is 312. The van der Waals surface area contributed by atoms with E-state index in [-0.39, 0.29) is 17.1 Å². The van der Waals surface area contributed by atoms with Gasteiger partial charge in [0.15, 0.2) is 5.78 Å². The Balaban J connectivity index is 0. The van der Waals surface area contributed by atoms with Gasteiger partial charge in [0.2, 0.25) is 0 Å². The van der Waals surface area contributed by atoms with Crippen LogP contribution in [0.5, 0.6) is 0 Å². The van der Waals surface area contributed by atoms with Crippen LogP contribution in [0.25, 0.3) is 0 Å². The molecule has 3 nitrogen and oxygen atoms in total. The molecule has 0 amide bonds. The molecule has 4 heteroatoms. The van der Waals surface area contributed by atoms with Crippen molar-refractivity contribution in [3.05, 3.63) is 54.6 Å². The number of carboxylic acids is 1. The Labute approximate surface area is 112 Å². The first-order valence-electron chi connectivity index (χ1n) is 4.85. The van der Waals surface area contributed by atoms with Crippen LogP contribution in [0.4, 0.5) is 0 Å². The zero-order chi connectivity index (χ0) is 12.2. The number of hydrogen-bond acceptors (Lipinski definition) is 3. The van der Waals surface area contributed by atoms with E-state index in [2.05, 4.69) is 24.3 Å². The van der Waals surface area contributed by atoms with Crippen molar-refractivity contribution >= 4 is 11.8 Å². The molecular weight excluding hydrogens is 260 g/mol. The summed E-state index contributed by atoms with van der Waals surface area (Å²) in [4.78, 5) is 18.7. The standard InChI is InChI=1S/C5H6.C5H5.C3H4O3.Fe/c2*1-2-4-5-3-1;1-2(4)3(5)6;/h1-4H,5H2;1-5H;1H3,(H,5,6);/q;-1;;+2/p-1. The van der Waals surface area contributed by atoms with Gasteiger partial charge in [-0.3, -0.25) is 4.79 Å². The zero-order valence-electron chi connectivity index (χ0n) is 9.48. The quantitative estimate of drug-likeness (QED) is 0.439. The van der Waals surface area contributed by atoms with Gasteiger partial charge in [-0.05, 0) is 6.42 Å². The summed E-state index contributed by atoms with van der Waals surface area (Å²) in [6, 6.07) is 10.0. The van der Waals surface area contributed by atoms with Crippen LogP contribution in [0, 0.1) is 0 Å². The predicted molar refractivity (Wildman–Crippen MR) is 60.6 cm³/mol. The minimum absolute atomic E-state index is 0. The van der Waals surface area contributed by atoms with E-state index in [1.54, 1.807) is 0 Å². The van der Waals surface area contributed by atoms with Gasteiger partial charge >= 0.3 is 17.1 Å². The van der Waals surface area contributed by atoms with E-state index < -0.39 is 11.8 Å².